The summed E-state index contributed by atoms with van der Waals surface area (Å²) in [7, 11) is 9.98. The van der Waals surface area contributed by atoms with E-state index in [9.17, 15) is 9.59 Å². The van der Waals surface area contributed by atoms with Crippen LogP contribution in [0.15, 0.2) is 89.8 Å². The van der Waals surface area contributed by atoms with Crippen LogP contribution in [0.1, 0.15) is 39.4 Å². The molecule has 10 heteroatoms. The molecule has 50 heavy (non-hydrogen) atoms. The standard InChI is InChI=1S/C40H45N7O3/c1-27-35(39(48)42-29-24-34(46(6)26-29)40(49)47(22-12-20-44(2)3)23-13-21-45(4)5)38(43-50-27)37-32-17-9-7-15-30(32)36(28-14-11-19-41-25-28)31-16-8-10-18-33(31)37/h7-11,14-19,24-26H,12-13,20-23H2,1-6H3,(H,42,48). The normalized spacial score (nSPS) is 11.6. The fourth-order valence-electron chi connectivity index (χ4n) is 6.69. The molecule has 0 fully saturated rings. The van der Waals surface area contributed by atoms with E-state index in [4.69, 9.17) is 4.52 Å². The molecule has 0 aliphatic rings. The van der Waals surface area contributed by atoms with Gasteiger partial charge in [-0.05, 0) is 100 Å². The third kappa shape index (κ3) is 7.17. The topological polar surface area (TPSA) is 99.7 Å². The molecule has 1 N–H and O–H groups in total. The molecular formula is C40H45N7O3. The van der Waals surface area contributed by atoms with Gasteiger partial charge >= 0.3 is 0 Å². The minimum Gasteiger partial charge on any atom is -0.360 e. The zero-order valence-corrected chi connectivity index (χ0v) is 29.7. The van der Waals surface area contributed by atoms with Crippen LogP contribution in [0.3, 0.4) is 0 Å². The highest BCUT2D eigenvalue weighted by atomic mass is 16.5. The van der Waals surface area contributed by atoms with Crippen molar-refractivity contribution in [3.8, 4) is 22.4 Å². The van der Waals surface area contributed by atoms with Crippen molar-refractivity contribution < 1.29 is 14.1 Å². The van der Waals surface area contributed by atoms with E-state index < -0.39 is 0 Å². The average molecular weight is 672 g/mol. The molecular weight excluding hydrogens is 626 g/mol. The van der Waals surface area contributed by atoms with Crippen LogP contribution in [0.25, 0.3) is 43.9 Å². The van der Waals surface area contributed by atoms with Crippen molar-refractivity contribution in [2.24, 2.45) is 7.05 Å². The molecule has 2 amide bonds. The van der Waals surface area contributed by atoms with Crippen LogP contribution < -0.4 is 5.32 Å². The van der Waals surface area contributed by atoms with E-state index in [1.165, 1.54) is 0 Å². The largest absolute Gasteiger partial charge is 0.360 e. The summed E-state index contributed by atoms with van der Waals surface area (Å²) in [6.07, 6.45) is 7.16. The minimum absolute atomic E-state index is 0.0565. The lowest BCUT2D eigenvalue weighted by molar-refractivity contribution is 0.0735. The predicted molar refractivity (Wildman–Crippen MR) is 201 cm³/mol. The number of anilines is 1. The predicted octanol–water partition coefficient (Wildman–Crippen LogP) is 6.95. The molecule has 0 aliphatic carbocycles. The lowest BCUT2D eigenvalue weighted by Crippen LogP contribution is -2.36. The number of carbonyl (C=O) groups is 2. The number of aryl methyl sites for hydroxylation is 2. The smallest absolute Gasteiger partial charge is 0.270 e. The molecule has 6 aromatic rings. The van der Waals surface area contributed by atoms with Crippen LogP contribution in [-0.2, 0) is 7.05 Å². The number of hydrogen-bond acceptors (Lipinski definition) is 7. The SMILES string of the molecule is Cc1onc(-c2c3ccccc3c(-c3cccnc3)c3ccccc23)c1C(=O)Nc1cc(C(=O)N(CCCN(C)C)CCCN(C)C)n(C)c1. The fourth-order valence-corrected chi connectivity index (χ4v) is 6.69. The second-order valence-electron chi connectivity index (χ2n) is 13.3. The molecule has 10 nitrogen and oxygen atoms in total. The lowest BCUT2D eigenvalue weighted by Gasteiger charge is -2.24. The van der Waals surface area contributed by atoms with Gasteiger partial charge in [0.1, 0.15) is 22.7 Å². The first-order chi connectivity index (χ1) is 24.1. The first-order valence-electron chi connectivity index (χ1n) is 17.0. The Labute approximate surface area is 293 Å². The highest BCUT2D eigenvalue weighted by molar-refractivity contribution is 6.23. The Balaban J connectivity index is 1.35. The maximum absolute atomic E-state index is 14.2. The molecule has 258 valence electrons. The lowest BCUT2D eigenvalue weighted by atomic mass is 9.87. The van der Waals surface area contributed by atoms with E-state index >= 15 is 0 Å². The monoisotopic (exact) mass is 671 g/mol. The summed E-state index contributed by atoms with van der Waals surface area (Å²) in [5.74, 6) is -0.0112. The van der Waals surface area contributed by atoms with Crippen molar-refractivity contribution in [2.75, 3.05) is 59.7 Å². The molecule has 0 bridgehead atoms. The molecule has 3 aromatic carbocycles. The van der Waals surface area contributed by atoms with Crippen LogP contribution in [0, 0.1) is 6.92 Å². The van der Waals surface area contributed by atoms with Gasteiger partial charge in [-0.1, -0.05) is 59.8 Å². The maximum Gasteiger partial charge on any atom is 0.270 e. The Morgan fingerprint density at radius 1 is 0.800 bits per heavy atom. The van der Waals surface area contributed by atoms with Crippen molar-refractivity contribution >= 4 is 39.0 Å². The number of fused-ring (bicyclic) bond motifs is 2. The van der Waals surface area contributed by atoms with Gasteiger partial charge in [-0.25, -0.2) is 0 Å². The summed E-state index contributed by atoms with van der Waals surface area (Å²) in [4.78, 5) is 38.6. The molecule has 0 atom stereocenters. The Morgan fingerprint density at radius 2 is 1.38 bits per heavy atom. The van der Waals surface area contributed by atoms with Gasteiger partial charge in [0.15, 0.2) is 0 Å². The molecule has 0 unspecified atom stereocenters. The van der Waals surface area contributed by atoms with Gasteiger partial charge in [-0.2, -0.15) is 0 Å². The molecule has 0 spiro atoms. The van der Waals surface area contributed by atoms with E-state index in [2.05, 4.69) is 55.6 Å². The van der Waals surface area contributed by atoms with Crippen LogP contribution in [-0.4, -0.2) is 95.6 Å². The molecule has 0 saturated carbocycles. The second-order valence-corrected chi connectivity index (χ2v) is 13.3. The van der Waals surface area contributed by atoms with E-state index in [-0.39, 0.29) is 11.8 Å². The summed E-state index contributed by atoms with van der Waals surface area (Å²) < 4.78 is 7.52. The highest BCUT2D eigenvalue weighted by Crippen LogP contribution is 2.44. The third-order valence-electron chi connectivity index (χ3n) is 9.04. The first kappa shape index (κ1) is 34.5. The number of hydrogen-bond donors (Lipinski definition) is 1. The van der Waals surface area contributed by atoms with Crippen molar-refractivity contribution in [3.05, 3.63) is 102 Å². The average Bonchev–Trinajstić information content (AvgIpc) is 3.67. The molecule has 6 rings (SSSR count). The number of rotatable bonds is 13. The number of carbonyl (C=O) groups excluding carboxylic acids is 2. The van der Waals surface area contributed by atoms with Crippen molar-refractivity contribution in [2.45, 2.75) is 19.8 Å². The van der Waals surface area contributed by atoms with Crippen LogP contribution >= 0.6 is 0 Å². The van der Waals surface area contributed by atoms with Gasteiger partial charge < -0.3 is 29.1 Å². The van der Waals surface area contributed by atoms with Crippen LogP contribution in [0.5, 0.6) is 0 Å². The number of benzene rings is 3. The van der Waals surface area contributed by atoms with Crippen molar-refractivity contribution in [3.63, 3.8) is 0 Å². The third-order valence-corrected chi connectivity index (χ3v) is 9.04. The summed E-state index contributed by atoms with van der Waals surface area (Å²) >= 11 is 0. The number of nitrogens with one attached hydrogen (secondary N) is 1. The van der Waals surface area contributed by atoms with E-state index in [1.54, 1.807) is 30.0 Å². The fraction of sp³-hybridized carbons (Fsp3) is 0.300. The van der Waals surface area contributed by atoms with Crippen molar-refractivity contribution in [1.29, 1.82) is 0 Å². The number of pyridine rings is 1. The molecule has 0 radical (unpaired) electrons. The zero-order chi connectivity index (χ0) is 35.4. The van der Waals surface area contributed by atoms with Gasteiger partial charge in [0.2, 0.25) is 0 Å². The highest BCUT2D eigenvalue weighted by Gasteiger charge is 2.27. The zero-order valence-electron chi connectivity index (χ0n) is 29.7. The minimum atomic E-state index is -0.360. The molecule has 3 aromatic heterocycles. The van der Waals surface area contributed by atoms with E-state index in [1.807, 2.05) is 76.7 Å². The van der Waals surface area contributed by atoms with Crippen LogP contribution in [0.2, 0.25) is 0 Å². The van der Waals surface area contributed by atoms with Gasteiger partial charge in [0, 0.05) is 49.9 Å². The Morgan fingerprint density at radius 3 is 1.92 bits per heavy atom. The van der Waals surface area contributed by atoms with Gasteiger partial charge in [-0.3, -0.25) is 14.6 Å². The maximum atomic E-state index is 14.2. The Hall–Kier alpha value is -5.32. The number of aromatic nitrogens is 3. The van der Waals surface area contributed by atoms with Gasteiger partial charge in [-0.15, -0.1) is 0 Å². The number of amides is 2. The van der Waals surface area contributed by atoms with Gasteiger partial charge in [0.25, 0.3) is 11.8 Å². The molecule has 3 heterocycles. The summed E-state index contributed by atoms with van der Waals surface area (Å²) in [5, 5.41) is 11.5. The first-order valence-corrected chi connectivity index (χ1v) is 17.0. The summed E-state index contributed by atoms with van der Waals surface area (Å²) in [5.41, 5.74) is 4.74. The Kier molecular flexibility index (Phi) is 10.4. The summed E-state index contributed by atoms with van der Waals surface area (Å²) in [6, 6.07) is 22.1. The molecule has 0 saturated heterocycles. The number of nitrogens with zero attached hydrogens (tertiary/aromatic N) is 6. The van der Waals surface area contributed by atoms with E-state index in [0.29, 0.717) is 41.5 Å². The van der Waals surface area contributed by atoms with Crippen molar-refractivity contribution in [1.82, 2.24) is 29.4 Å². The van der Waals surface area contributed by atoms with Gasteiger partial charge in [0.05, 0.1) is 5.69 Å². The summed E-state index contributed by atoms with van der Waals surface area (Å²) in [6.45, 7) is 4.84. The second kappa shape index (κ2) is 15.1. The molecule has 0 aliphatic heterocycles. The Bertz CT molecular complexity index is 2060. The van der Waals surface area contributed by atoms with E-state index in [0.717, 1.165) is 64.2 Å². The quantitative estimate of drug-likeness (QED) is 0.133. The van der Waals surface area contributed by atoms with Crippen LogP contribution in [0.4, 0.5) is 5.69 Å².